The average Bonchev–Trinajstić information content (AvgIpc) is 3.42. The summed E-state index contributed by atoms with van der Waals surface area (Å²) >= 11 is 0. The van der Waals surface area contributed by atoms with Gasteiger partial charge in [-0.1, -0.05) is 182 Å². The Bertz CT molecular complexity index is 770. The molecule has 0 radical (unpaired) electrons. The molecule has 2 N–H and O–H groups in total. The van der Waals surface area contributed by atoms with E-state index in [4.69, 9.17) is 14.2 Å². The van der Waals surface area contributed by atoms with E-state index in [1.807, 2.05) is 0 Å². The number of hydrogen-bond acceptors (Lipinski definition) is 7. The van der Waals surface area contributed by atoms with E-state index in [9.17, 15) is 19.8 Å². The molecule has 1 aliphatic heterocycles. The minimum Gasteiger partial charge on any atom is -0.457 e. The average molecular weight is 697 g/mol. The van der Waals surface area contributed by atoms with Crippen molar-refractivity contribution in [3.8, 4) is 0 Å². The molecular formula is C42H80O7. The third-order valence-electron chi connectivity index (χ3n) is 10.1. The fourth-order valence-electron chi connectivity index (χ4n) is 6.91. The summed E-state index contributed by atoms with van der Waals surface area (Å²) in [6, 6.07) is 0. The first kappa shape index (κ1) is 45.8. The van der Waals surface area contributed by atoms with Gasteiger partial charge in [-0.2, -0.15) is 0 Å². The largest absolute Gasteiger partial charge is 0.457 e. The first-order chi connectivity index (χ1) is 23.7. The molecule has 1 aliphatic rings. The van der Waals surface area contributed by atoms with Crippen molar-refractivity contribution in [2.75, 3.05) is 13.2 Å². The van der Waals surface area contributed by atoms with Crippen LogP contribution in [0.15, 0.2) is 0 Å². The van der Waals surface area contributed by atoms with E-state index in [0.29, 0.717) is 0 Å². The van der Waals surface area contributed by atoms with Gasteiger partial charge in [-0.3, -0.25) is 9.59 Å². The Morgan fingerprint density at radius 2 is 0.918 bits per heavy atom. The Morgan fingerprint density at radius 1 is 0.571 bits per heavy atom. The van der Waals surface area contributed by atoms with Crippen LogP contribution in [-0.4, -0.2) is 59.8 Å². The molecule has 0 amide bonds. The van der Waals surface area contributed by atoms with Gasteiger partial charge in [-0.15, -0.1) is 0 Å². The molecule has 4 atom stereocenters. The second-order valence-electron chi connectivity index (χ2n) is 15.9. The Morgan fingerprint density at radius 3 is 1.29 bits per heavy atom. The maximum atomic E-state index is 12.6. The molecule has 0 aromatic carbocycles. The van der Waals surface area contributed by atoms with Crippen molar-refractivity contribution >= 4 is 11.9 Å². The van der Waals surface area contributed by atoms with Gasteiger partial charge in [0.2, 0.25) is 0 Å². The maximum absolute atomic E-state index is 12.6. The summed E-state index contributed by atoms with van der Waals surface area (Å²) < 4.78 is 16.8. The molecule has 0 aromatic rings. The molecular weight excluding hydrogens is 616 g/mol. The summed E-state index contributed by atoms with van der Waals surface area (Å²) in [6.45, 7) is 8.73. The molecule has 1 saturated heterocycles. The molecule has 1 heterocycles. The van der Waals surface area contributed by atoms with E-state index in [1.165, 1.54) is 128 Å². The van der Waals surface area contributed by atoms with E-state index in [0.717, 1.165) is 50.4 Å². The van der Waals surface area contributed by atoms with Crippen LogP contribution in [-0.2, 0) is 23.8 Å². The maximum Gasteiger partial charge on any atom is 0.306 e. The predicted octanol–water partition coefficient (Wildman–Crippen LogP) is 10.8. The lowest BCUT2D eigenvalue weighted by Gasteiger charge is -2.27. The van der Waals surface area contributed by atoms with Crippen LogP contribution in [0.5, 0.6) is 0 Å². The lowest BCUT2D eigenvalue weighted by atomic mass is 10.0. The van der Waals surface area contributed by atoms with Crippen LogP contribution >= 0.6 is 0 Å². The van der Waals surface area contributed by atoms with Gasteiger partial charge in [0.1, 0.15) is 12.2 Å². The number of carbonyl (C=O) groups excluding carboxylic acids is 2. The van der Waals surface area contributed by atoms with Gasteiger partial charge in [0.05, 0.1) is 13.2 Å². The third kappa shape index (κ3) is 26.3. The second-order valence-corrected chi connectivity index (χ2v) is 15.9. The Labute approximate surface area is 302 Å². The number of unbranched alkanes of at least 4 members (excludes halogenated alkanes) is 22. The van der Waals surface area contributed by atoms with Crippen molar-refractivity contribution in [1.29, 1.82) is 0 Å². The zero-order chi connectivity index (χ0) is 36.0. The topological polar surface area (TPSA) is 102 Å². The zero-order valence-electron chi connectivity index (χ0n) is 32.6. The van der Waals surface area contributed by atoms with E-state index in [2.05, 4.69) is 27.7 Å². The number of ether oxygens (including phenoxy) is 3. The number of carbonyl (C=O) groups is 2. The quantitative estimate of drug-likeness (QED) is 0.0510. The van der Waals surface area contributed by atoms with Gasteiger partial charge in [0.15, 0.2) is 12.2 Å². The van der Waals surface area contributed by atoms with Crippen molar-refractivity contribution in [3.05, 3.63) is 0 Å². The third-order valence-corrected chi connectivity index (χ3v) is 10.1. The van der Waals surface area contributed by atoms with Crippen molar-refractivity contribution < 1.29 is 34.0 Å². The second kappa shape index (κ2) is 31.5. The van der Waals surface area contributed by atoms with Gasteiger partial charge >= 0.3 is 11.9 Å². The van der Waals surface area contributed by atoms with E-state index in [1.54, 1.807) is 0 Å². The Kier molecular flexibility index (Phi) is 29.5. The lowest BCUT2D eigenvalue weighted by molar-refractivity contribution is -0.171. The number of aliphatic hydroxyl groups excluding tert-OH is 2. The molecule has 0 aromatic heterocycles. The minimum absolute atomic E-state index is 0.0207. The van der Waals surface area contributed by atoms with E-state index >= 15 is 0 Å². The first-order valence-electron chi connectivity index (χ1n) is 21.0. The lowest BCUT2D eigenvalue weighted by Crippen LogP contribution is -2.45. The van der Waals surface area contributed by atoms with Crippen LogP contribution in [0.1, 0.15) is 207 Å². The summed E-state index contributed by atoms with van der Waals surface area (Å²) in [7, 11) is 0. The standard InChI is InChI=1S/C42H80O7/c1-35(2)29-25-21-17-13-9-5-7-11-15-19-23-27-31-39(45)48-38(33-43)42-41(37(44)34-47-42)49-40(46)32-28-24-20-16-12-8-6-10-14-18-22-26-30-36(3)4/h35-38,41-44H,5-34H2,1-4H3/t37-,38+,41+,42+/m0/s1. The van der Waals surface area contributed by atoms with Crippen molar-refractivity contribution in [2.24, 2.45) is 11.8 Å². The smallest absolute Gasteiger partial charge is 0.306 e. The fraction of sp³-hybridized carbons (Fsp3) is 0.952. The summed E-state index contributed by atoms with van der Waals surface area (Å²) in [5.74, 6) is 0.884. The molecule has 0 bridgehead atoms. The molecule has 7 heteroatoms. The zero-order valence-corrected chi connectivity index (χ0v) is 32.6. The van der Waals surface area contributed by atoms with Crippen molar-refractivity contribution in [1.82, 2.24) is 0 Å². The van der Waals surface area contributed by atoms with Gasteiger partial charge in [-0.25, -0.2) is 0 Å². The molecule has 0 unspecified atom stereocenters. The molecule has 49 heavy (non-hydrogen) atoms. The van der Waals surface area contributed by atoms with Crippen LogP contribution in [0.4, 0.5) is 0 Å². The van der Waals surface area contributed by atoms with Gasteiger partial charge < -0.3 is 24.4 Å². The molecule has 1 rings (SSSR count). The number of aliphatic hydroxyl groups is 2. The summed E-state index contributed by atoms with van der Waals surface area (Å²) in [5, 5.41) is 20.4. The normalized spacial score (nSPS) is 18.4. The molecule has 290 valence electrons. The minimum atomic E-state index is -1.00. The number of hydrogen-bond donors (Lipinski definition) is 2. The number of rotatable bonds is 34. The highest BCUT2D eigenvalue weighted by Crippen LogP contribution is 2.24. The van der Waals surface area contributed by atoms with Gasteiger partial charge in [0.25, 0.3) is 0 Å². The molecule has 7 nitrogen and oxygen atoms in total. The SMILES string of the molecule is CC(C)CCCCCCCCCCCCCCC(=O)O[C@H]1[C@@H]([C@@H](CO)OC(=O)CCCCCCCCCCCCCCC(C)C)OC[C@@H]1O. The summed E-state index contributed by atoms with van der Waals surface area (Å²) in [4.78, 5) is 25.1. The van der Waals surface area contributed by atoms with Gasteiger partial charge in [-0.05, 0) is 24.7 Å². The van der Waals surface area contributed by atoms with Crippen LogP contribution < -0.4 is 0 Å². The van der Waals surface area contributed by atoms with Crippen LogP contribution in [0, 0.1) is 11.8 Å². The molecule has 0 saturated carbocycles. The first-order valence-corrected chi connectivity index (χ1v) is 21.0. The van der Waals surface area contributed by atoms with Gasteiger partial charge in [0, 0.05) is 12.8 Å². The number of esters is 2. The molecule has 1 fully saturated rings. The predicted molar refractivity (Wildman–Crippen MR) is 202 cm³/mol. The monoisotopic (exact) mass is 697 g/mol. The Hall–Kier alpha value is -1.18. The highest BCUT2D eigenvalue weighted by atomic mass is 16.6. The molecule has 0 spiro atoms. The Balaban J connectivity index is 2.09. The van der Waals surface area contributed by atoms with Crippen LogP contribution in [0.25, 0.3) is 0 Å². The van der Waals surface area contributed by atoms with Crippen LogP contribution in [0.3, 0.4) is 0 Å². The highest BCUT2D eigenvalue weighted by molar-refractivity contribution is 5.70. The van der Waals surface area contributed by atoms with Crippen molar-refractivity contribution in [2.45, 2.75) is 232 Å². The summed E-state index contributed by atoms with van der Waals surface area (Å²) in [6.07, 6.45) is 29.0. The van der Waals surface area contributed by atoms with Crippen molar-refractivity contribution in [3.63, 3.8) is 0 Å². The highest BCUT2D eigenvalue weighted by Gasteiger charge is 2.45. The van der Waals surface area contributed by atoms with E-state index in [-0.39, 0.29) is 31.4 Å². The summed E-state index contributed by atoms with van der Waals surface area (Å²) in [5.41, 5.74) is 0. The van der Waals surface area contributed by atoms with Crippen LogP contribution in [0.2, 0.25) is 0 Å². The molecule has 0 aliphatic carbocycles. The fourth-order valence-corrected chi connectivity index (χ4v) is 6.91. The van der Waals surface area contributed by atoms with E-state index < -0.39 is 31.0 Å².